The molecule has 1 atom stereocenters. The summed E-state index contributed by atoms with van der Waals surface area (Å²) in [5.41, 5.74) is 0.194. The summed E-state index contributed by atoms with van der Waals surface area (Å²) in [6, 6.07) is 8.29. The Morgan fingerprint density at radius 1 is 1.29 bits per heavy atom. The maximum absolute atomic E-state index is 12.6. The predicted molar refractivity (Wildman–Crippen MR) is 77.0 cm³/mol. The lowest BCUT2D eigenvalue weighted by Crippen LogP contribution is -2.31. The van der Waals surface area contributed by atoms with Gasteiger partial charge in [0.25, 0.3) is 0 Å². The number of ether oxygens (including phenoxy) is 1. The van der Waals surface area contributed by atoms with Crippen LogP contribution < -0.4 is 0 Å². The highest BCUT2D eigenvalue weighted by Gasteiger charge is 2.35. The molecule has 1 unspecified atom stereocenters. The number of hydrogen-bond donors (Lipinski definition) is 0. The average Bonchev–Trinajstić information content (AvgIpc) is 3.20. The summed E-state index contributed by atoms with van der Waals surface area (Å²) in [7, 11) is -3.61. The van der Waals surface area contributed by atoms with Crippen molar-refractivity contribution in [3.8, 4) is 6.07 Å². The van der Waals surface area contributed by atoms with E-state index in [1.807, 2.05) is 6.07 Å². The third kappa shape index (κ3) is 3.10. The highest BCUT2D eigenvalue weighted by Crippen LogP contribution is 2.31. The molecular weight excluding hydrogens is 288 g/mol. The highest BCUT2D eigenvalue weighted by atomic mass is 32.2. The summed E-state index contributed by atoms with van der Waals surface area (Å²) in [6.07, 6.45) is 3.16. The van der Waals surface area contributed by atoms with Crippen LogP contribution in [0, 0.1) is 17.2 Å². The largest absolute Gasteiger partial charge is 0.377 e. The molecule has 6 heteroatoms. The maximum Gasteiger partial charge on any atom is 0.244 e. The van der Waals surface area contributed by atoms with Crippen molar-refractivity contribution in [2.75, 3.05) is 19.7 Å². The molecule has 1 saturated carbocycles. The van der Waals surface area contributed by atoms with Crippen molar-refractivity contribution in [2.24, 2.45) is 5.92 Å². The first-order valence-corrected chi connectivity index (χ1v) is 8.66. The summed E-state index contributed by atoms with van der Waals surface area (Å²) in [6.45, 7) is 1.58. The Morgan fingerprint density at radius 3 is 2.76 bits per heavy atom. The fourth-order valence-electron chi connectivity index (χ4n) is 2.53. The third-order valence-electron chi connectivity index (χ3n) is 4.00. The van der Waals surface area contributed by atoms with Gasteiger partial charge < -0.3 is 4.74 Å². The van der Waals surface area contributed by atoms with Crippen LogP contribution in [0.1, 0.15) is 24.8 Å². The second kappa shape index (κ2) is 5.76. The van der Waals surface area contributed by atoms with Crippen molar-refractivity contribution < 1.29 is 13.2 Å². The lowest BCUT2D eigenvalue weighted by atomic mass is 10.2. The van der Waals surface area contributed by atoms with Crippen LogP contribution in [-0.4, -0.2) is 38.5 Å². The van der Waals surface area contributed by atoms with Crippen molar-refractivity contribution in [3.05, 3.63) is 29.8 Å². The Balaban J connectivity index is 1.72. The van der Waals surface area contributed by atoms with Crippen molar-refractivity contribution in [1.29, 1.82) is 5.26 Å². The van der Waals surface area contributed by atoms with Gasteiger partial charge in [-0.15, -0.1) is 0 Å². The minimum absolute atomic E-state index is 0.0189. The van der Waals surface area contributed by atoms with E-state index >= 15 is 0 Å². The van der Waals surface area contributed by atoms with Gasteiger partial charge in [-0.05, 0) is 37.3 Å². The molecule has 0 aromatic heterocycles. The normalized spacial score (nSPS) is 23.1. The van der Waals surface area contributed by atoms with E-state index in [4.69, 9.17) is 10.00 Å². The minimum atomic E-state index is -3.61. The molecule has 1 aliphatic carbocycles. The zero-order valence-electron chi connectivity index (χ0n) is 11.7. The number of rotatable bonds is 5. The van der Waals surface area contributed by atoms with Gasteiger partial charge in [0.05, 0.1) is 16.6 Å². The van der Waals surface area contributed by atoms with Crippen LogP contribution in [0.15, 0.2) is 29.2 Å². The van der Waals surface area contributed by atoms with E-state index in [0.717, 1.165) is 13.0 Å². The summed E-state index contributed by atoms with van der Waals surface area (Å²) in [5, 5.41) is 9.07. The molecule has 2 aliphatic rings. The quantitative estimate of drug-likeness (QED) is 0.831. The summed E-state index contributed by atoms with van der Waals surface area (Å²) in [4.78, 5) is 0.0929. The zero-order chi connectivity index (χ0) is 14.9. The molecule has 1 aromatic rings. The van der Waals surface area contributed by atoms with Gasteiger partial charge in [-0.1, -0.05) is 12.1 Å². The predicted octanol–water partition coefficient (Wildman–Crippen LogP) is 1.75. The van der Waals surface area contributed by atoms with E-state index in [2.05, 4.69) is 0 Å². The Kier molecular flexibility index (Phi) is 3.98. The zero-order valence-corrected chi connectivity index (χ0v) is 12.6. The van der Waals surface area contributed by atoms with E-state index in [-0.39, 0.29) is 16.6 Å². The van der Waals surface area contributed by atoms with E-state index < -0.39 is 10.0 Å². The molecule has 1 saturated heterocycles. The standard InChI is InChI=1S/C15H18N2O3S/c16-9-13-3-1-2-4-15(13)21(18,19)17-8-7-14(10-17)20-11-12-5-6-12/h1-4,12,14H,5-8,10-11H2. The van der Waals surface area contributed by atoms with Gasteiger partial charge in [0, 0.05) is 19.7 Å². The molecule has 112 valence electrons. The highest BCUT2D eigenvalue weighted by molar-refractivity contribution is 7.89. The Bertz CT molecular complexity index is 662. The van der Waals surface area contributed by atoms with Gasteiger partial charge in [-0.3, -0.25) is 0 Å². The molecule has 1 aromatic carbocycles. The number of benzene rings is 1. The summed E-state index contributed by atoms with van der Waals surface area (Å²) >= 11 is 0. The van der Waals surface area contributed by atoms with Crippen LogP contribution in [-0.2, 0) is 14.8 Å². The van der Waals surface area contributed by atoms with Crippen LogP contribution in [0.5, 0.6) is 0 Å². The van der Waals surface area contributed by atoms with Crippen molar-refractivity contribution in [2.45, 2.75) is 30.3 Å². The summed E-state index contributed by atoms with van der Waals surface area (Å²) in [5.74, 6) is 0.676. The number of nitriles is 1. The van der Waals surface area contributed by atoms with Crippen molar-refractivity contribution in [3.63, 3.8) is 0 Å². The van der Waals surface area contributed by atoms with Gasteiger partial charge >= 0.3 is 0 Å². The Morgan fingerprint density at radius 2 is 2.05 bits per heavy atom. The molecular formula is C15H18N2O3S. The monoisotopic (exact) mass is 306 g/mol. The lowest BCUT2D eigenvalue weighted by molar-refractivity contribution is 0.0561. The Labute approximate surface area is 125 Å². The number of nitrogens with zero attached hydrogens (tertiary/aromatic N) is 2. The molecule has 0 N–H and O–H groups in total. The van der Waals surface area contributed by atoms with Crippen LogP contribution in [0.3, 0.4) is 0 Å². The first-order valence-electron chi connectivity index (χ1n) is 7.22. The second-order valence-electron chi connectivity index (χ2n) is 5.66. The molecule has 2 fully saturated rings. The van der Waals surface area contributed by atoms with E-state index in [0.29, 0.717) is 19.0 Å². The lowest BCUT2D eigenvalue weighted by Gasteiger charge is -2.17. The van der Waals surface area contributed by atoms with Crippen molar-refractivity contribution >= 4 is 10.0 Å². The smallest absolute Gasteiger partial charge is 0.244 e. The average molecular weight is 306 g/mol. The minimum Gasteiger partial charge on any atom is -0.377 e. The molecule has 0 radical (unpaired) electrons. The fourth-order valence-corrected chi connectivity index (χ4v) is 4.16. The van der Waals surface area contributed by atoms with Gasteiger partial charge in [-0.2, -0.15) is 9.57 Å². The van der Waals surface area contributed by atoms with Gasteiger partial charge in [-0.25, -0.2) is 8.42 Å². The van der Waals surface area contributed by atoms with Gasteiger partial charge in [0.2, 0.25) is 10.0 Å². The van der Waals surface area contributed by atoms with E-state index in [1.165, 1.54) is 29.3 Å². The first kappa shape index (κ1) is 14.5. The van der Waals surface area contributed by atoms with Crippen LogP contribution >= 0.6 is 0 Å². The molecule has 3 rings (SSSR count). The van der Waals surface area contributed by atoms with Crippen LogP contribution in [0.25, 0.3) is 0 Å². The van der Waals surface area contributed by atoms with E-state index in [1.54, 1.807) is 12.1 Å². The molecule has 0 amide bonds. The van der Waals surface area contributed by atoms with Crippen LogP contribution in [0.2, 0.25) is 0 Å². The maximum atomic E-state index is 12.6. The number of sulfonamides is 1. The van der Waals surface area contributed by atoms with Crippen molar-refractivity contribution in [1.82, 2.24) is 4.31 Å². The molecule has 21 heavy (non-hydrogen) atoms. The Hall–Kier alpha value is -1.42. The van der Waals surface area contributed by atoms with Gasteiger partial charge in [0.15, 0.2) is 0 Å². The van der Waals surface area contributed by atoms with E-state index in [9.17, 15) is 8.42 Å². The molecule has 0 bridgehead atoms. The van der Waals surface area contributed by atoms with Gasteiger partial charge in [0.1, 0.15) is 6.07 Å². The topological polar surface area (TPSA) is 70.4 Å². The number of hydrogen-bond acceptors (Lipinski definition) is 4. The second-order valence-corrected chi connectivity index (χ2v) is 7.56. The fraction of sp³-hybridized carbons (Fsp3) is 0.533. The SMILES string of the molecule is N#Cc1ccccc1S(=O)(=O)N1CCC(OCC2CC2)C1. The molecule has 0 spiro atoms. The molecule has 1 aliphatic heterocycles. The first-order chi connectivity index (χ1) is 10.1. The molecule has 1 heterocycles. The molecule has 5 nitrogen and oxygen atoms in total. The summed E-state index contributed by atoms with van der Waals surface area (Å²) < 4.78 is 32.5. The third-order valence-corrected chi connectivity index (χ3v) is 5.92. The van der Waals surface area contributed by atoms with Crippen LogP contribution in [0.4, 0.5) is 0 Å².